The van der Waals surface area contributed by atoms with Crippen molar-refractivity contribution in [1.29, 1.82) is 0 Å². The number of amides is 5. The summed E-state index contributed by atoms with van der Waals surface area (Å²) in [5.74, 6) is -1.36. The molecule has 33 heavy (non-hydrogen) atoms. The van der Waals surface area contributed by atoms with Crippen LogP contribution in [0, 0.1) is 0 Å². The molecule has 168 valence electrons. The minimum Gasteiger partial charge on any atom is -0.483 e. The van der Waals surface area contributed by atoms with Crippen LogP contribution in [-0.2, 0) is 27.5 Å². The molecule has 2 aromatic carbocycles. The Morgan fingerprint density at radius 1 is 1.06 bits per heavy atom. The first kappa shape index (κ1) is 20.7. The molecule has 1 saturated heterocycles. The molecule has 1 fully saturated rings. The van der Waals surface area contributed by atoms with E-state index in [1.165, 1.54) is 4.90 Å². The zero-order chi connectivity index (χ0) is 23.1. The van der Waals surface area contributed by atoms with Gasteiger partial charge < -0.3 is 20.3 Å². The molecule has 0 aliphatic carbocycles. The topological polar surface area (TPSA) is 134 Å². The lowest BCUT2D eigenvalue weighted by Gasteiger charge is -2.29. The molecule has 0 radical (unpaired) electrons. The highest BCUT2D eigenvalue weighted by Gasteiger charge is 2.40. The Labute approximate surface area is 188 Å². The van der Waals surface area contributed by atoms with E-state index in [1.54, 1.807) is 36.4 Å². The summed E-state index contributed by atoms with van der Waals surface area (Å²) in [6.45, 7) is 0.197. The van der Waals surface area contributed by atoms with Gasteiger partial charge in [0, 0.05) is 40.9 Å². The highest BCUT2D eigenvalue weighted by Crippen LogP contribution is 2.33. The first-order chi connectivity index (χ1) is 15.9. The number of carbonyl (C=O) groups excluding carboxylic acids is 5. The van der Waals surface area contributed by atoms with Gasteiger partial charge in [0.15, 0.2) is 6.61 Å². The molecule has 3 aliphatic rings. The van der Waals surface area contributed by atoms with Crippen LogP contribution in [0.5, 0.6) is 5.75 Å². The van der Waals surface area contributed by atoms with E-state index in [-0.39, 0.29) is 43.7 Å². The monoisotopic (exact) mass is 448 g/mol. The van der Waals surface area contributed by atoms with Gasteiger partial charge in [0.05, 0.1) is 6.54 Å². The molecule has 3 heterocycles. The zero-order valence-corrected chi connectivity index (χ0v) is 17.5. The van der Waals surface area contributed by atoms with E-state index in [2.05, 4.69) is 16.0 Å². The van der Waals surface area contributed by atoms with Crippen molar-refractivity contribution in [2.45, 2.75) is 32.0 Å². The van der Waals surface area contributed by atoms with E-state index in [9.17, 15) is 24.0 Å². The van der Waals surface area contributed by atoms with E-state index in [0.717, 1.165) is 5.56 Å². The number of nitrogens with one attached hydrogen (secondary N) is 3. The van der Waals surface area contributed by atoms with Crippen LogP contribution in [0.4, 0.5) is 5.69 Å². The summed E-state index contributed by atoms with van der Waals surface area (Å²) < 4.78 is 5.72. The fourth-order valence-electron chi connectivity index (χ4n) is 4.39. The molecule has 0 aromatic heterocycles. The first-order valence-electron chi connectivity index (χ1n) is 10.5. The molecule has 2 aromatic rings. The van der Waals surface area contributed by atoms with Gasteiger partial charge in [-0.25, -0.2) is 0 Å². The van der Waals surface area contributed by atoms with Gasteiger partial charge in [0.2, 0.25) is 11.8 Å². The summed E-state index contributed by atoms with van der Waals surface area (Å²) in [6.07, 6.45) is 0.437. The Hall–Kier alpha value is -4.21. The zero-order valence-electron chi connectivity index (χ0n) is 17.5. The Kier molecular flexibility index (Phi) is 5.04. The van der Waals surface area contributed by atoms with Crippen LogP contribution in [-0.4, -0.2) is 47.1 Å². The van der Waals surface area contributed by atoms with Crippen molar-refractivity contribution in [3.05, 3.63) is 58.7 Å². The van der Waals surface area contributed by atoms with Crippen molar-refractivity contribution in [2.75, 3.05) is 11.9 Å². The van der Waals surface area contributed by atoms with Crippen LogP contribution in [0.1, 0.15) is 44.7 Å². The number of carbonyl (C=O) groups is 5. The number of hydrogen-bond acceptors (Lipinski definition) is 6. The number of rotatable bonds is 5. The van der Waals surface area contributed by atoms with E-state index in [1.807, 2.05) is 0 Å². The molecule has 10 nitrogen and oxygen atoms in total. The summed E-state index contributed by atoms with van der Waals surface area (Å²) in [7, 11) is 0. The molecule has 0 bridgehead atoms. The number of nitrogens with zero attached hydrogens (tertiary/aromatic N) is 1. The maximum absolute atomic E-state index is 12.9. The van der Waals surface area contributed by atoms with Gasteiger partial charge in [0.25, 0.3) is 17.7 Å². The number of benzene rings is 2. The summed E-state index contributed by atoms with van der Waals surface area (Å²) in [6, 6.07) is 9.34. The number of piperidine rings is 1. The van der Waals surface area contributed by atoms with Crippen molar-refractivity contribution in [2.24, 2.45) is 0 Å². The van der Waals surface area contributed by atoms with E-state index >= 15 is 0 Å². The lowest BCUT2D eigenvalue weighted by Crippen LogP contribution is -2.52. The van der Waals surface area contributed by atoms with Crippen LogP contribution in [0.2, 0.25) is 0 Å². The SMILES string of the molecule is O=C1CCC(N2Cc3c(OCC(=O)Nc4cccc5c4CNC5=O)cccc3C2=O)C(=O)N1. The fourth-order valence-corrected chi connectivity index (χ4v) is 4.39. The maximum Gasteiger partial charge on any atom is 0.262 e. The van der Waals surface area contributed by atoms with E-state index < -0.39 is 17.9 Å². The summed E-state index contributed by atoms with van der Waals surface area (Å²) in [5, 5.41) is 7.75. The van der Waals surface area contributed by atoms with Crippen LogP contribution >= 0.6 is 0 Å². The minimum atomic E-state index is -0.727. The number of imide groups is 1. The summed E-state index contributed by atoms with van der Waals surface area (Å²) in [4.78, 5) is 62.3. The van der Waals surface area contributed by atoms with Crippen LogP contribution in [0.25, 0.3) is 0 Å². The Bertz CT molecular complexity index is 1220. The molecular weight excluding hydrogens is 428 g/mol. The molecule has 0 spiro atoms. The molecular formula is C23H20N4O6. The molecule has 10 heteroatoms. The Morgan fingerprint density at radius 2 is 1.85 bits per heavy atom. The van der Waals surface area contributed by atoms with Gasteiger partial charge in [-0.1, -0.05) is 12.1 Å². The predicted octanol–water partition coefficient (Wildman–Crippen LogP) is 0.708. The molecule has 0 saturated carbocycles. The van der Waals surface area contributed by atoms with Gasteiger partial charge in [-0.3, -0.25) is 29.3 Å². The van der Waals surface area contributed by atoms with Gasteiger partial charge >= 0.3 is 0 Å². The highest BCUT2D eigenvalue weighted by molar-refractivity contribution is 6.06. The third-order valence-electron chi connectivity index (χ3n) is 6.02. The predicted molar refractivity (Wildman–Crippen MR) is 114 cm³/mol. The van der Waals surface area contributed by atoms with Crippen LogP contribution in [0.15, 0.2) is 36.4 Å². The lowest BCUT2D eigenvalue weighted by atomic mass is 10.0. The lowest BCUT2D eigenvalue weighted by molar-refractivity contribution is -0.137. The molecule has 1 unspecified atom stereocenters. The number of fused-ring (bicyclic) bond motifs is 2. The normalized spacial score (nSPS) is 19.0. The van der Waals surface area contributed by atoms with Gasteiger partial charge in [-0.05, 0) is 30.7 Å². The third kappa shape index (κ3) is 3.69. The van der Waals surface area contributed by atoms with Gasteiger partial charge in [-0.15, -0.1) is 0 Å². The van der Waals surface area contributed by atoms with E-state index in [0.29, 0.717) is 34.7 Å². The van der Waals surface area contributed by atoms with Gasteiger partial charge in [0.1, 0.15) is 11.8 Å². The van der Waals surface area contributed by atoms with Crippen molar-refractivity contribution < 1.29 is 28.7 Å². The molecule has 3 aliphatic heterocycles. The Balaban J connectivity index is 1.27. The second kappa shape index (κ2) is 8.05. The van der Waals surface area contributed by atoms with E-state index in [4.69, 9.17) is 4.74 Å². The second-order valence-corrected chi connectivity index (χ2v) is 8.03. The molecule has 5 rings (SSSR count). The first-order valence-corrected chi connectivity index (χ1v) is 10.5. The van der Waals surface area contributed by atoms with Crippen molar-refractivity contribution in [1.82, 2.24) is 15.5 Å². The number of anilines is 1. The smallest absolute Gasteiger partial charge is 0.262 e. The minimum absolute atomic E-state index is 0.151. The average Bonchev–Trinajstić information content (AvgIpc) is 3.34. The maximum atomic E-state index is 12.9. The number of ether oxygens (including phenoxy) is 1. The molecule has 1 atom stereocenters. The second-order valence-electron chi connectivity index (χ2n) is 8.03. The van der Waals surface area contributed by atoms with Crippen molar-refractivity contribution in [3.63, 3.8) is 0 Å². The van der Waals surface area contributed by atoms with Crippen LogP contribution < -0.4 is 20.7 Å². The van der Waals surface area contributed by atoms with Crippen molar-refractivity contribution >= 4 is 35.2 Å². The largest absolute Gasteiger partial charge is 0.483 e. The Morgan fingerprint density at radius 3 is 2.67 bits per heavy atom. The fraction of sp³-hybridized carbons (Fsp3) is 0.261. The average molecular weight is 448 g/mol. The third-order valence-corrected chi connectivity index (χ3v) is 6.02. The van der Waals surface area contributed by atoms with Crippen molar-refractivity contribution in [3.8, 4) is 5.75 Å². The quantitative estimate of drug-likeness (QED) is 0.577. The highest BCUT2D eigenvalue weighted by atomic mass is 16.5. The summed E-state index contributed by atoms with van der Waals surface area (Å²) >= 11 is 0. The molecule has 5 amide bonds. The number of hydrogen-bond donors (Lipinski definition) is 3. The molecule has 3 N–H and O–H groups in total. The van der Waals surface area contributed by atoms with Gasteiger partial charge in [-0.2, -0.15) is 0 Å². The van der Waals surface area contributed by atoms with Crippen LogP contribution in [0.3, 0.4) is 0 Å². The summed E-state index contributed by atoms with van der Waals surface area (Å²) in [5.41, 5.74) is 2.79. The standard InChI is InChI=1S/C23H20N4O6/c28-19-8-7-17(22(31)26-19)27-10-15-13(23(27)32)4-2-6-18(15)33-11-20(29)25-16-5-1-3-12-14(16)9-24-21(12)30/h1-6,17H,7-11H2,(H,24,30)(H,25,29)(H,26,28,31).